The number of carbonyl (C=O) groups excluding carboxylic acids is 3. The normalized spacial score (nSPS) is 29.6. The van der Waals surface area contributed by atoms with Crippen LogP contribution in [0.3, 0.4) is 0 Å². The van der Waals surface area contributed by atoms with Gasteiger partial charge in [-0.1, -0.05) is 23.7 Å². The van der Waals surface area contributed by atoms with Gasteiger partial charge in [0, 0.05) is 28.4 Å². The number of amides is 3. The predicted molar refractivity (Wildman–Crippen MR) is 128 cm³/mol. The molecule has 4 heterocycles. The molecule has 3 saturated heterocycles. The lowest BCUT2D eigenvalue weighted by molar-refractivity contribution is -0.135. The zero-order valence-corrected chi connectivity index (χ0v) is 20.3. The number of rotatable bonds is 2. The zero-order chi connectivity index (χ0) is 24.1. The van der Waals surface area contributed by atoms with Crippen LogP contribution in [-0.2, 0) is 19.9 Å². The first-order valence-electron chi connectivity index (χ1n) is 11.6. The molecule has 1 spiro atoms. The van der Waals surface area contributed by atoms with Gasteiger partial charge in [-0.2, -0.15) is 0 Å². The number of hydrogen-bond donors (Lipinski definition) is 1. The Kier molecular flexibility index (Phi) is 4.49. The summed E-state index contributed by atoms with van der Waals surface area (Å²) in [5.74, 6) is -1.86. The van der Waals surface area contributed by atoms with Gasteiger partial charge >= 0.3 is 0 Å². The molecule has 0 aromatic heterocycles. The smallest absolute Gasteiger partial charge is 0.250 e. The van der Waals surface area contributed by atoms with Gasteiger partial charge in [0.15, 0.2) is 0 Å². The van der Waals surface area contributed by atoms with E-state index in [0.717, 1.165) is 40.8 Å². The molecule has 2 aromatic rings. The van der Waals surface area contributed by atoms with E-state index in [1.807, 2.05) is 32.9 Å². The maximum Gasteiger partial charge on any atom is 0.250 e. The third-order valence-electron chi connectivity index (χ3n) is 8.40. The minimum atomic E-state index is -1.18. The van der Waals surface area contributed by atoms with E-state index in [1.165, 1.54) is 12.0 Å². The zero-order valence-electron chi connectivity index (χ0n) is 19.6. The van der Waals surface area contributed by atoms with Crippen molar-refractivity contribution < 1.29 is 19.1 Å². The van der Waals surface area contributed by atoms with Crippen molar-refractivity contribution in [2.45, 2.75) is 45.2 Å². The second-order valence-electron chi connectivity index (χ2n) is 9.84. The molecule has 0 aliphatic carbocycles. The van der Waals surface area contributed by atoms with E-state index < -0.39 is 17.4 Å². The summed E-state index contributed by atoms with van der Waals surface area (Å²) in [4.78, 5) is 45.3. The fraction of sp³-hybridized carbons (Fsp3) is 0.423. The monoisotopic (exact) mass is 479 g/mol. The van der Waals surface area contributed by atoms with Crippen molar-refractivity contribution in [2.75, 3.05) is 23.9 Å². The Balaban J connectivity index is 1.57. The highest BCUT2D eigenvalue weighted by molar-refractivity contribution is 6.32. The van der Waals surface area contributed by atoms with Crippen LogP contribution in [0, 0.1) is 32.6 Å². The lowest BCUT2D eigenvalue weighted by atomic mass is 9.75. The summed E-state index contributed by atoms with van der Waals surface area (Å²) in [6, 6.07) is 7.14. The Hall–Kier alpha value is -2.90. The summed E-state index contributed by atoms with van der Waals surface area (Å²) in [7, 11) is 1.49. The highest BCUT2D eigenvalue weighted by Gasteiger charge is 2.74. The Morgan fingerprint density at radius 3 is 2.59 bits per heavy atom. The Morgan fingerprint density at radius 1 is 1.09 bits per heavy atom. The first-order valence-corrected chi connectivity index (χ1v) is 12.0. The van der Waals surface area contributed by atoms with Gasteiger partial charge in [-0.05, 0) is 62.9 Å². The van der Waals surface area contributed by atoms with Gasteiger partial charge in [0.25, 0.3) is 0 Å². The van der Waals surface area contributed by atoms with Gasteiger partial charge in [0.1, 0.15) is 11.3 Å². The maximum atomic E-state index is 14.2. The third-order valence-corrected chi connectivity index (χ3v) is 8.81. The molecule has 4 aliphatic heterocycles. The number of halogens is 1. The average Bonchev–Trinajstić information content (AvgIpc) is 3.51. The van der Waals surface area contributed by atoms with E-state index in [0.29, 0.717) is 23.0 Å². The van der Waals surface area contributed by atoms with Crippen LogP contribution < -0.4 is 15.0 Å². The fourth-order valence-electron chi connectivity index (χ4n) is 6.74. The number of anilines is 2. The molecule has 4 aliphatic rings. The van der Waals surface area contributed by atoms with Crippen molar-refractivity contribution in [3.63, 3.8) is 0 Å². The highest BCUT2D eigenvalue weighted by Crippen LogP contribution is 2.61. The molecular weight excluding hydrogens is 454 g/mol. The van der Waals surface area contributed by atoms with Crippen LogP contribution in [-0.4, -0.2) is 42.3 Å². The minimum absolute atomic E-state index is 0.163. The third kappa shape index (κ3) is 2.39. The van der Waals surface area contributed by atoms with E-state index in [9.17, 15) is 14.4 Å². The quantitative estimate of drug-likeness (QED) is 0.664. The van der Waals surface area contributed by atoms with Crippen molar-refractivity contribution >= 4 is 40.7 Å². The summed E-state index contributed by atoms with van der Waals surface area (Å²) < 4.78 is 5.50. The molecular formula is C26H26ClN3O4. The topological polar surface area (TPSA) is 79.0 Å². The van der Waals surface area contributed by atoms with Crippen molar-refractivity contribution in [3.05, 3.63) is 51.5 Å². The highest BCUT2D eigenvalue weighted by atomic mass is 35.5. The Bertz CT molecular complexity index is 1310. The van der Waals surface area contributed by atoms with Crippen LogP contribution in [0.1, 0.15) is 35.1 Å². The number of carbonyl (C=O) groups is 3. The van der Waals surface area contributed by atoms with E-state index in [1.54, 1.807) is 12.1 Å². The van der Waals surface area contributed by atoms with E-state index >= 15 is 0 Å². The predicted octanol–water partition coefficient (Wildman–Crippen LogP) is 3.71. The van der Waals surface area contributed by atoms with Gasteiger partial charge in [0.05, 0.1) is 24.6 Å². The van der Waals surface area contributed by atoms with Crippen molar-refractivity contribution in [3.8, 4) is 5.75 Å². The van der Waals surface area contributed by atoms with Gasteiger partial charge in [-0.3, -0.25) is 19.3 Å². The van der Waals surface area contributed by atoms with Crippen molar-refractivity contribution in [2.24, 2.45) is 11.8 Å². The minimum Gasteiger partial charge on any atom is -0.495 e. The molecule has 0 saturated carbocycles. The molecule has 3 amide bonds. The van der Waals surface area contributed by atoms with Gasteiger partial charge < -0.3 is 10.1 Å². The standard InChI is InChI=1S/C26H26ClN3O4/c1-12-7-8-15-22(14(12)3)28-25(33)26(15)21-20(17-6-5-9-29(17)26)23(31)30(24(21)32)18-10-13(2)16(27)11-19(18)34-4/h7-8,10-11,17,20-21H,5-6,9H2,1-4H3,(H,28,33). The number of nitrogens with zero attached hydrogens (tertiary/aromatic N) is 2. The summed E-state index contributed by atoms with van der Waals surface area (Å²) in [6.45, 7) is 6.49. The molecule has 4 unspecified atom stereocenters. The molecule has 6 rings (SSSR count). The second-order valence-corrected chi connectivity index (χ2v) is 10.2. The molecule has 1 N–H and O–H groups in total. The van der Waals surface area contributed by atoms with Crippen LogP contribution in [0.25, 0.3) is 0 Å². The number of imide groups is 1. The summed E-state index contributed by atoms with van der Waals surface area (Å²) in [5, 5.41) is 3.58. The molecule has 176 valence electrons. The largest absolute Gasteiger partial charge is 0.495 e. The molecule has 2 aromatic carbocycles. The van der Waals surface area contributed by atoms with Gasteiger partial charge in [-0.25, -0.2) is 4.90 Å². The van der Waals surface area contributed by atoms with Crippen LogP contribution in [0.4, 0.5) is 11.4 Å². The van der Waals surface area contributed by atoms with E-state index in [2.05, 4.69) is 10.2 Å². The Morgan fingerprint density at radius 2 is 1.85 bits per heavy atom. The summed E-state index contributed by atoms with van der Waals surface area (Å²) in [6.07, 6.45) is 1.66. The number of aryl methyl sites for hydroxylation is 2. The van der Waals surface area contributed by atoms with E-state index in [4.69, 9.17) is 16.3 Å². The average molecular weight is 480 g/mol. The number of nitrogens with one attached hydrogen (secondary N) is 1. The molecule has 4 atom stereocenters. The molecule has 0 bridgehead atoms. The van der Waals surface area contributed by atoms with Crippen LogP contribution in [0.15, 0.2) is 24.3 Å². The SMILES string of the molecule is COc1cc(Cl)c(C)cc1N1C(=O)C2C3CCCN3C3(C(=O)Nc4c3ccc(C)c4C)C2C1=O. The number of hydrogen-bond acceptors (Lipinski definition) is 5. The molecule has 0 radical (unpaired) electrons. The maximum absolute atomic E-state index is 14.2. The molecule has 34 heavy (non-hydrogen) atoms. The van der Waals surface area contributed by atoms with Crippen LogP contribution >= 0.6 is 11.6 Å². The first-order chi connectivity index (χ1) is 16.2. The number of fused-ring (bicyclic) bond motifs is 7. The summed E-state index contributed by atoms with van der Waals surface area (Å²) in [5.41, 5.74) is 3.58. The molecule has 3 fully saturated rings. The number of ether oxygens (including phenoxy) is 1. The lowest BCUT2D eigenvalue weighted by Crippen LogP contribution is -2.54. The van der Waals surface area contributed by atoms with Crippen LogP contribution in [0.2, 0.25) is 5.02 Å². The lowest BCUT2D eigenvalue weighted by Gasteiger charge is -2.36. The van der Waals surface area contributed by atoms with Crippen molar-refractivity contribution in [1.82, 2.24) is 4.90 Å². The summed E-state index contributed by atoms with van der Waals surface area (Å²) >= 11 is 6.29. The first kappa shape index (κ1) is 21.6. The Labute approximate surface area is 203 Å². The van der Waals surface area contributed by atoms with Crippen molar-refractivity contribution in [1.29, 1.82) is 0 Å². The van der Waals surface area contributed by atoms with Crippen LogP contribution in [0.5, 0.6) is 5.75 Å². The van der Waals surface area contributed by atoms with Gasteiger partial charge in [0.2, 0.25) is 17.7 Å². The fourth-order valence-corrected chi connectivity index (χ4v) is 6.90. The molecule has 7 nitrogen and oxygen atoms in total. The number of benzene rings is 2. The molecule has 8 heteroatoms. The number of methoxy groups -OCH3 is 1. The van der Waals surface area contributed by atoms with E-state index in [-0.39, 0.29) is 23.8 Å². The van der Waals surface area contributed by atoms with Gasteiger partial charge in [-0.15, -0.1) is 0 Å². The second kappa shape index (κ2) is 7.06.